The monoisotopic (exact) mass is 316 g/mol. The van der Waals surface area contributed by atoms with Crippen molar-refractivity contribution in [3.8, 4) is 5.75 Å². The predicted molar refractivity (Wildman–Crippen MR) is 73.8 cm³/mol. The van der Waals surface area contributed by atoms with E-state index in [0.29, 0.717) is 6.42 Å². The third-order valence-corrected chi connectivity index (χ3v) is 4.57. The summed E-state index contributed by atoms with van der Waals surface area (Å²) < 4.78 is 41.2. The number of thiazole rings is 1. The number of benzene rings is 1. The van der Waals surface area contributed by atoms with Crippen LogP contribution in [0.3, 0.4) is 0 Å². The first kappa shape index (κ1) is 14.9. The molecule has 108 valence electrons. The third kappa shape index (κ3) is 3.53. The number of ether oxygens (including phenoxy) is 1. The SMILES string of the molecule is Cc1ncsc1CCOc1ccc(F)cc1S(N)(=O)=O. The molecule has 0 saturated heterocycles. The summed E-state index contributed by atoms with van der Waals surface area (Å²) in [6.45, 7) is 2.15. The largest absolute Gasteiger partial charge is 0.492 e. The van der Waals surface area contributed by atoms with Crippen molar-refractivity contribution in [1.29, 1.82) is 0 Å². The smallest absolute Gasteiger partial charge is 0.241 e. The minimum atomic E-state index is -4.02. The van der Waals surface area contributed by atoms with Gasteiger partial charge in [0.15, 0.2) is 0 Å². The summed E-state index contributed by atoms with van der Waals surface area (Å²) >= 11 is 1.50. The Morgan fingerprint density at radius 2 is 2.20 bits per heavy atom. The minimum Gasteiger partial charge on any atom is -0.492 e. The molecule has 0 aliphatic rings. The maximum Gasteiger partial charge on any atom is 0.241 e. The lowest BCUT2D eigenvalue weighted by molar-refractivity contribution is 0.313. The fourth-order valence-corrected chi connectivity index (χ4v) is 3.09. The number of hydrogen-bond acceptors (Lipinski definition) is 5. The van der Waals surface area contributed by atoms with Crippen LogP contribution >= 0.6 is 11.3 Å². The molecule has 0 spiro atoms. The van der Waals surface area contributed by atoms with Crippen molar-refractivity contribution in [2.75, 3.05) is 6.61 Å². The van der Waals surface area contributed by atoms with E-state index in [1.54, 1.807) is 5.51 Å². The van der Waals surface area contributed by atoms with Gasteiger partial charge in [0.1, 0.15) is 16.5 Å². The van der Waals surface area contributed by atoms with Gasteiger partial charge in [0.05, 0.1) is 17.8 Å². The highest BCUT2D eigenvalue weighted by Gasteiger charge is 2.16. The van der Waals surface area contributed by atoms with Gasteiger partial charge in [0, 0.05) is 11.3 Å². The van der Waals surface area contributed by atoms with E-state index < -0.39 is 15.8 Å². The fourth-order valence-electron chi connectivity index (χ4n) is 1.64. The van der Waals surface area contributed by atoms with E-state index >= 15 is 0 Å². The highest BCUT2D eigenvalue weighted by Crippen LogP contribution is 2.24. The van der Waals surface area contributed by atoms with E-state index in [1.807, 2.05) is 6.92 Å². The van der Waals surface area contributed by atoms with Gasteiger partial charge in [-0.3, -0.25) is 0 Å². The van der Waals surface area contributed by atoms with Crippen molar-refractivity contribution in [3.63, 3.8) is 0 Å². The molecule has 1 heterocycles. The van der Waals surface area contributed by atoms with Crippen molar-refractivity contribution >= 4 is 21.4 Å². The molecule has 5 nitrogen and oxygen atoms in total. The molecule has 8 heteroatoms. The fraction of sp³-hybridized carbons (Fsp3) is 0.250. The van der Waals surface area contributed by atoms with E-state index in [2.05, 4.69) is 4.98 Å². The van der Waals surface area contributed by atoms with Crippen LogP contribution in [-0.2, 0) is 16.4 Å². The molecule has 0 saturated carbocycles. The van der Waals surface area contributed by atoms with Crippen molar-refractivity contribution < 1.29 is 17.5 Å². The zero-order valence-corrected chi connectivity index (χ0v) is 12.3. The highest BCUT2D eigenvalue weighted by molar-refractivity contribution is 7.89. The van der Waals surface area contributed by atoms with Crippen molar-refractivity contribution in [2.24, 2.45) is 5.14 Å². The Morgan fingerprint density at radius 3 is 2.80 bits per heavy atom. The van der Waals surface area contributed by atoms with Crippen LogP contribution in [0.1, 0.15) is 10.6 Å². The van der Waals surface area contributed by atoms with Crippen LogP contribution in [0, 0.1) is 12.7 Å². The Hall–Kier alpha value is -1.51. The molecule has 0 radical (unpaired) electrons. The van der Waals surface area contributed by atoms with Crippen molar-refractivity contribution in [3.05, 3.63) is 40.1 Å². The zero-order valence-electron chi connectivity index (χ0n) is 10.7. The number of hydrogen-bond donors (Lipinski definition) is 1. The maximum absolute atomic E-state index is 13.1. The Bertz CT molecular complexity index is 713. The average Bonchev–Trinajstić information content (AvgIpc) is 2.76. The summed E-state index contributed by atoms with van der Waals surface area (Å²) in [5, 5.41) is 5.03. The first-order valence-electron chi connectivity index (χ1n) is 5.72. The van der Waals surface area contributed by atoms with E-state index in [9.17, 15) is 12.8 Å². The second kappa shape index (κ2) is 5.86. The van der Waals surface area contributed by atoms with Gasteiger partial charge in [-0.05, 0) is 25.1 Å². The van der Waals surface area contributed by atoms with Crippen LogP contribution in [0.15, 0.2) is 28.6 Å². The summed E-state index contributed by atoms with van der Waals surface area (Å²) in [6, 6.07) is 3.24. The molecule has 0 atom stereocenters. The van der Waals surface area contributed by atoms with Gasteiger partial charge in [-0.25, -0.2) is 22.9 Å². The molecule has 20 heavy (non-hydrogen) atoms. The molecule has 0 aliphatic carbocycles. The number of nitrogens with zero attached hydrogens (tertiary/aromatic N) is 1. The van der Waals surface area contributed by atoms with Crippen LogP contribution in [0.4, 0.5) is 4.39 Å². The molecule has 2 N–H and O–H groups in total. The molecule has 1 aromatic heterocycles. The number of rotatable bonds is 5. The Morgan fingerprint density at radius 1 is 1.45 bits per heavy atom. The van der Waals surface area contributed by atoms with Gasteiger partial charge in [-0.15, -0.1) is 11.3 Å². The molecular weight excluding hydrogens is 303 g/mol. The van der Waals surface area contributed by atoms with Gasteiger partial charge in [-0.2, -0.15) is 0 Å². The van der Waals surface area contributed by atoms with E-state index in [4.69, 9.17) is 9.88 Å². The number of sulfonamides is 1. The number of halogens is 1. The van der Waals surface area contributed by atoms with E-state index in [1.165, 1.54) is 17.4 Å². The summed E-state index contributed by atoms with van der Waals surface area (Å²) in [4.78, 5) is 4.82. The molecule has 2 rings (SSSR count). The first-order chi connectivity index (χ1) is 9.38. The maximum atomic E-state index is 13.1. The highest BCUT2D eigenvalue weighted by atomic mass is 32.2. The van der Waals surface area contributed by atoms with Gasteiger partial charge >= 0.3 is 0 Å². The Kier molecular flexibility index (Phi) is 4.36. The lowest BCUT2D eigenvalue weighted by Gasteiger charge is -2.10. The van der Waals surface area contributed by atoms with Crippen LogP contribution in [0.5, 0.6) is 5.75 Å². The zero-order chi connectivity index (χ0) is 14.8. The van der Waals surface area contributed by atoms with Gasteiger partial charge < -0.3 is 4.74 Å². The summed E-state index contributed by atoms with van der Waals surface area (Å²) in [7, 11) is -4.02. The standard InChI is InChI=1S/C12H13FN2O3S2/c1-8-11(19-7-15-8)4-5-18-10-3-2-9(13)6-12(10)20(14,16)17/h2-3,6-7H,4-5H2,1H3,(H2,14,16,17). The van der Waals surface area contributed by atoms with Gasteiger partial charge in [-0.1, -0.05) is 0 Å². The third-order valence-electron chi connectivity index (χ3n) is 2.64. The molecule has 0 amide bonds. The number of nitrogens with two attached hydrogens (primary N) is 1. The van der Waals surface area contributed by atoms with Crippen LogP contribution in [-0.4, -0.2) is 20.0 Å². The molecular formula is C12H13FN2O3S2. The lowest BCUT2D eigenvalue weighted by atomic mass is 10.3. The van der Waals surface area contributed by atoms with E-state index in [-0.39, 0.29) is 17.3 Å². The molecule has 0 bridgehead atoms. The summed E-state index contributed by atoms with van der Waals surface area (Å²) in [5.41, 5.74) is 2.66. The second-order valence-electron chi connectivity index (χ2n) is 4.10. The minimum absolute atomic E-state index is 0.0519. The normalized spacial score (nSPS) is 11.6. The predicted octanol–water partition coefficient (Wildman–Crippen LogP) is 1.86. The van der Waals surface area contributed by atoms with Crippen molar-refractivity contribution in [1.82, 2.24) is 4.98 Å². The molecule has 0 fully saturated rings. The van der Waals surface area contributed by atoms with E-state index in [0.717, 1.165) is 22.7 Å². The van der Waals surface area contributed by atoms with Crippen molar-refractivity contribution in [2.45, 2.75) is 18.2 Å². The quantitative estimate of drug-likeness (QED) is 0.913. The molecule has 2 aromatic rings. The van der Waals surface area contributed by atoms with Crippen LogP contribution in [0.25, 0.3) is 0 Å². The number of aromatic nitrogens is 1. The number of aryl methyl sites for hydroxylation is 1. The molecule has 0 unspecified atom stereocenters. The molecule has 1 aromatic carbocycles. The lowest BCUT2D eigenvalue weighted by Crippen LogP contribution is -2.15. The van der Waals surface area contributed by atoms with Gasteiger partial charge in [0.25, 0.3) is 0 Å². The van der Waals surface area contributed by atoms with Crippen LogP contribution < -0.4 is 9.88 Å². The molecule has 0 aliphatic heterocycles. The number of primary sulfonamides is 1. The summed E-state index contributed by atoms with van der Waals surface area (Å²) in [6.07, 6.45) is 0.595. The Balaban J connectivity index is 2.12. The van der Waals surface area contributed by atoms with Crippen LogP contribution in [0.2, 0.25) is 0 Å². The van der Waals surface area contributed by atoms with Gasteiger partial charge in [0.2, 0.25) is 10.0 Å². The summed E-state index contributed by atoms with van der Waals surface area (Å²) in [5.74, 6) is -0.629. The first-order valence-corrected chi connectivity index (χ1v) is 8.14. The average molecular weight is 316 g/mol. The second-order valence-corrected chi connectivity index (χ2v) is 6.56. The Labute approximate surface area is 120 Å². The topological polar surface area (TPSA) is 82.3 Å².